The summed E-state index contributed by atoms with van der Waals surface area (Å²) in [7, 11) is 4.30. The van der Waals surface area contributed by atoms with E-state index in [1.54, 1.807) is 0 Å². The van der Waals surface area contributed by atoms with Gasteiger partial charge >= 0.3 is 0 Å². The monoisotopic (exact) mass is 257 g/mol. The summed E-state index contributed by atoms with van der Waals surface area (Å²) in [5, 5.41) is 6.94. The van der Waals surface area contributed by atoms with Crippen molar-refractivity contribution in [1.29, 1.82) is 0 Å². The molecule has 2 atom stereocenters. The molecule has 3 nitrogen and oxygen atoms in total. The summed E-state index contributed by atoms with van der Waals surface area (Å²) in [5.41, 5.74) is 0. The van der Waals surface area contributed by atoms with Gasteiger partial charge < -0.3 is 15.5 Å². The maximum atomic E-state index is 3.58. The van der Waals surface area contributed by atoms with E-state index in [0.29, 0.717) is 12.0 Å². The molecule has 3 heteroatoms. The maximum Gasteiger partial charge on any atom is 0.0212 e. The Morgan fingerprint density at radius 2 is 1.94 bits per heavy atom. The molecule has 0 aromatic heterocycles. The average Bonchev–Trinajstić information content (AvgIpc) is 2.77. The Hall–Kier alpha value is -0.120. The smallest absolute Gasteiger partial charge is 0.0212 e. The number of hydrogen-bond acceptors (Lipinski definition) is 3. The second-order valence-corrected chi connectivity index (χ2v) is 5.41. The van der Waals surface area contributed by atoms with E-state index >= 15 is 0 Å². The zero-order valence-electron chi connectivity index (χ0n) is 13.4. The molecule has 1 aliphatic heterocycles. The van der Waals surface area contributed by atoms with Gasteiger partial charge in [0, 0.05) is 18.6 Å². The van der Waals surface area contributed by atoms with E-state index in [2.05, 4.69) is 43.5 Å². The summed E-state index contributed by atoms with van der Waals surface area (Å²) in [5.74, 6) is 0.701. The highest BCUT2D eigenvalue weighted by atomic mass is 15.1. The molecule has 2 unspecified atom stereocenters. The first kappa shape index (κ1) is 17.9. The number of likely N-dealkylation sites (tertiary alicyclic amines) is 1. The highest BCUT2D eigenvalue weighted by Crippen LogP contribution is 2.16. The van der Waals surface area contributed by atoms with E-state index in [0.717, 1.165) is 19.1 Å². The van der Waals surface area contributed by atoms with Crippen molar-refractivity contribution < 1.29 is 0 Å². The Morgan fingerprint density at radius 1 is 1.28 bits per heavy atom. The van der Waals surface area contributed by atoms with Crippen LogP contribution < -0.4 is 10.6 Å². The number of nitrogens with one attached hydrogen (secondary N) is 2. The molecule has 1 fully saturated rings. The third-order valence-electron chi connectivity index (χ3n) is 3.87. The summed E-state index contributed by atoms with van der Waals surface area (Å²) in [4.78, 5) is 2.50. The summed E-state index contributed by atoms with van der Waals surface area (Å²) in [6, 6.07) is 1.42. The molecule has 0 bridgehead atoms. The first-order valence-corrected chi connectivity index (χ1v) is 7.73. The van der Waals surface area contributed by atoms with Gasteiger partial charge in [0.05, 0.1) is 0 Å². The highest BCUT2D eigenvalue weighted by Gasteiger charge is 2.20. The quantitative estimate of drug-likeness (QED) is 0.686. The molecular formula is C15H35N3. The topological polar surface area (TPSA) is 27.3 Å². The Morgan fingerprint density at radius 3 is 2.39 bits per heavy atom. The van der Waals surface area contributed by atoms with Gasteiger partial charge in [-0.3, -0.25) is 0 Å². The molecule has 110 valence electrons. The van der Waals surface area contributed by atoms with Crippen molar-refractivity contribution in [1.82, 2.24) is 15.5 Å². The second-order valence-electron chi connectivity index (χ2n) is 5.41. The molecule has 1 rings (SSSR count). The second kappa shape index (κ2) is 10.8. The van der Waals surface area contributed by atoms with Crippen molar-refractivity contribution in [3.05, 3.63) is 0 Å². The number of likely N-dealkylation sites (N-methyl/N-ethyl adjacent to an activating group) is 1. The molecule has 0 spiro atoms. The fourth-order valence-electron chi connectivity index (χ4n) is 2.54. The molecule has 0 amide bonds. The van der Waals surface area contributed by atoms with Crippen LogP contribution in [0.25, 0.3) is 0 Å². The van der Waals surface area contributed by atoms with Crippen molar-refractivity contribution >= 4 is 0 Å². The van der Waals surface area contributed by atoms with Gasteiger partial charge in [0.2, 0.25) is 0 Å². The van der Waals surface area contributed by atoms with E-state index < -0.39 is 0 Å². The lowest BCUT2D eigenvalue weighted by molar-refractivity contribution is 0.290. The van der Waals surface area contributed by atoms with Crippen molar-refractivity contribution in [2.75, 3.05) is 33.7 Å². The first-order valence-electron chi connectivity index (χ1n) is 7.73. The van der Waals surface area contributed by atoms with Crippen LogP contribution in [0.15, 0.2) is 0 Å². The number of rotatable bonds is 7. The predicted molar refractivity (Wildman–Crippen MR) is 82.2 cm³/mol. The Bertz CT molecular complexity index is 179. The normalized spacial score (nSPS) is 21.8. The molecule has 1 aliphatic rings. The van der Waals surface area contributed by atoms with E-state index in [1.807, 2.05) is 13.8 Å². The lowest BCUT2D eigenvalue weighted by Gasteiger charge is -2.22. The van der Waals surface area contributed by atoms with Gasteiger partial charge in [0.25, 0.3) is 0 Å². The fraction of sp³-hybridized carbons (Fsp3) is 1.00. The third-order valence-corrected chi connectivity index (χ3v) is 3.87. The van der Waals surface area contributed by atoms with Crippen molar-refractivity contribution in [3.8, 4) is 0 Å². The summed E-state index contributed by atoms with van der Waals surface area (Å²) in [6.07, 6.45) is 4.06. The fourth-order valence-corrected chi connectivity index (χ4v) is 2.54. The zero-order chi connectivity index (χ0) is 14.0. The number of nitrogens with zero attached hydrogens (tertiary/aromatic N) is 1. The largest absolute Gasteiger partial charge is 0.315 e. The molecule has 18 heavy (non-hydrogen) atoms. The van der Waals surface area contributed by atoms with E-state index in [1.165, 1.54) is 25.8 Å². The Kier molecular flexibility index (Phi) is 10.7. The standard InChI is InChI=1S/C13H29N3.C2H6/c1-11(2)13(14-3)10-15-8-7-12-6-5-9-16(12)4;1-2/h11-15H,5-10H2,1-4H3;1-2H3. The number of hydrogen-bond donors (Lipinski definition) is 2. The SMILES string of the molecule is CC.CNC(CNCCC1CCCN1C)C(C)C. The minimum absolute atomic E-state index is 0.598. The first-order chi connectivity index (χ1) is 8.65. The van der Waals surface area contributed by atoms with Crippen molar-refractivity contribution in [2.45, 2.75) is 59.0 Å². The van der Waals surface area contributed by atoms with Crippen LogP contribution in [0.2, 0.25) is 0 Å². The molecule has 0 aliphatic carbocycles. The van der Waals surface area contributed by atoms with Crippen molar-refractivity contribution in [3.63, 3.8) is 0 Å². The van der Waals surface area contributed by atoms with Gasteiger partial charge in [-0.25, -0.2) is 0 Å². The minimum Gasteiger partial charge on any atom is -0.315 e. The van der Waals surface area contributed by atoms with Crippen LogP contribution in [0.3, 0.4) is 0 Å². The van der Waals surface area contributed by atoms with Gasteiger partial charge in [-0.05, 0) is 52.4 Å². The Balaban J connectivity index is 0.00000137. The Labute approximate surface area is 115 Å². The van der Waals surface area contributed by atoms with Gasteiger partial charge in [-0.2, -0.15) is 0 Å². The van der Waals surface area contributed by atoms with Crippen LogP contribution in [0.1, 0.15) is 47.0 Å². The van der Waals surface area contributed by atoms with Gasteiger partial charge in [0.1, 0.15) is 0 Å². The predicted octanol–water partition coefficient (Wildman–Crippen LogP) is 2.33. The van der Waals surface area contributed by atoms with Crippen LogP contribution >= 0.6 is 0 Å². The van der Waals surface area contributed by atoms with E-state index in [9.17, 15) is 0 Å². The molecule has 1 heterocycles. The third kappa shape index (κ3) is 6.72. The summed E-state index contributed by atoms with van der Waals surface area (Å²) in [6.45, 7) is 12.1. The highest BCUT2D eigenvalue weighted by molar-refractivity contribution is 4.78. The lowest BCUT2D eigenvalue weighted by Crippen LogP contribution is -2.41. The summed E-state index contributed by atoms with van der Waals surface area (Å²) >= 11 is 0. The van der Waals surface area contributed by atoms with Gasteiger partial charge in [-0.15, -0.1) is 0 Å². The van der Waals surface area contributed by atoms with E-state index in [-0.39, 0.29) is 0 Å². The molecule has 0 saturated carbocycles. The van der Waals surface area contributed by atoms with Crippen LogP contribution in [0.4, 0.5) is 0 Å². The average molecular weight is 257 g/mol. The minimum atomic E-state index is 0.598. The van der Waals surface area contributed by atoms with Crippen LogP contribution in [0, 0.1) is 5.92 Å². The molecular weight excluding hydrogens is 222 g/mol. The van der Waals surface area contributed by atoms with Crippen LogP contribution in [0.5, 0.6) is 0 Å². The summed E-state index contributed by atoms with van der Waals surface area (Å²) < 4.78 is 0. The van der Waals surface area contributed by atoms with Gasteiger partial charge in [-0.1, -0.05) is 27.7 Å². The van der Waals surface area contributed by atoms with Crippen molar-refractivity contribution in [2.24, 2.45) is 5.92 Å². The molecule has 1 saturated heterocycles. The van der Waals surface area contributed by atoms with E-state index in [4.69, 9.17) is 0 Å². The lowest BCUT2D eigenvalue weighted by atomic mass is 10.0. The zero-order valence-corrected chi connectivity index (χ0v) is 13.4. The molecule has 2 N–H and O–H groups in total. The van der Waals surface area contributed by atoms with Crippen LogP contribution in [-0.2, 0) is 0 Å². The molecule has 0 aromatic carbocycles. The molecule has 0 aromatic rings. The van der Waals surface area contributed by atoms with Gasteiger partial charge in [0.15, 0.2) is 0 Å². The molecule has 0 radical (unpaired) electrons. The maximum absolute atomic E-state index is 3.58. The van der Waals surface area contributed by atoms with Crippen LogP contribution in [-0.4, -0.2) is 50.7 Å².